The van der Waals surface area contributed by atoms with Gasteiger partial charge in [-0.3, -0.25) is 0 Å². The number of nitrogens with one attached hydrogen (secondary N) is 2. The number of nitrogens with zero attached hydrogens (tertiary/aromatic N) is 1. The van der Waals surface area contributed by atoms with E-state index < -0.39 is 0 Å². The normalized spacial score (nSPS) is 25.6. The van der Waals surface area contributed by atoms with Crippen molar-refractivity contribution in [3.63, 3.8) is 0 Å². The molecule has 2 N–H and O–H groups in total. The Hall–Kier alpha value is -0.120. The monoisotopic (exact) mass is 211 g/mol. The molecule has 0 aliphatic carbocycles. The summed E-state index contributed by atoms with van der Waals surface area (Å²) >= 11 is 0. The van der Waals surface area contributed by atoms with E-state index in [0.29, 0.717) is 0 Å². The SMILES string of the molecule is C1CCN(CCNC2CCNCC2)CC1. The standard InChI is InChI=1S/C12H25N3/c1-2-9-15(10-3-1)11-8-14-12-4-6-13-7-5-12/h12-14H,1-11H2. The molecule has 2 heterocycles. The van der Waals surface area contributed by atoms with Gasteiger partial charge in [0.15, 0.2) is 0 Å². The lowest BCUT2D eigenvalue weighted by atomic mass is 10.1. The Morgan fingerprint density at radius 3 is 2.53 bits per heavy atom. The van der Waals surface area contributed by atoms with Crippen molar-refractivity contribution in [1.29, 1.82) is 0 Å². The lowest BCUT2D eigenvalue weighted by Gasteiger charge is -2.28. The Bertz CT molecular complexity index is 142. The molecular weight excluding hydrogens is 186 g/mol. The van der Waals surface area contributed by atoms with Crippen LogP contribution in [0.4, 0.5) is 0 Å². The summed E-state index contributed by atoms with van der Waals surface area (Å²) in [6, 6.07) is 0.774. The van der Waals surface area contributed by atoms with Crippen LogP contribution < -0.4 is 10.6 Å². The third-order valence-corrected chi connectivity index (χ3v) is 3.65. The van der Waals surface area contributed by atoms with E-state index in [1.54, 1.807) is 0 Å². The van der Waals surface area contributed by atoms with Gasteiger partial charge in [-0.2, -0.15) is 0 Å². The first kappa shape index (κ1) is 11.4. The van der Waals surface area contributed by atoms with Gasteiger partial charge in [0.05, 0.1) is 0 Å². The van der Waals surface area contributed by atoms with Crippen LogP contribution in [0.5, 0.6) is 0 Å². The van der Waals surface area contributed by atoms with Crippen molar-refractivity contribution >= 4 is 0 Å². The minimum atomic E-state index is 0.774. The highest BCUT2D eigenvalue weighted by Crippen LogP contribution is 2.07. The van der Waals surface area contributed by atoms with Gasteiger partial charge < -0.3 is 15.5 Å². The smallest absolute Gasteiger partial charge is 0.0107 e. The van der Waals surface area contributed by atoms with E-state index in [1.807, 2.05) is 0 Å². The summed E-state index contributed by atoms with van der Waals surface area (Å²) in [5, 5.41) is 7.09. The molecule has 0 saturated carbocycles. The highest BCUT2D eigenvalue weighted by atomic mass is 15.1. The van der Waals surface area contributed by atoms with Crippen LogP contribution in [0.25, 0.3) is 0 Å². The van der Waals surface area contributed by atoms with Crippen molar-refractivity contribution in [2.75, 3.05) is 39.3 Å². The molecule has 0 aromatic rings. The highest BCUT2D eigenvalue weighted by Gasteiger charge is 2.13. The van der Waals surface area contributed by atoms with E-state index in [9.17, 15) is 0 Å². The zero-order chi connectivity index (χ0) is 10.3. The van der Waals surface area contributed by atoms with E-state index in [0.717, 1.165) is 6.04 Å². The molecule has 2 rings (SSSR count). The van der Waals surface area contributed by atoms with E-state index in [1.165, 1.54) is 71.4 Å². The largest absolute Gasteiger partial charge is 0.317 e. The lowest BCUT2D eigenvalue weighted by Crippen LogP contribution is -2.43. The minimum absolute atomic E-state index is 0.774. The van der Waals surface area contributed by atoms with Crippen molar-refractivity contribution in [2.24, 2.45) is 0 Å². The molecule has 88 valence electrons. The summed E-state index contributed by atoms with van der Waals surface area (Å²) in [5.74, 6) is 0. The molecule has 0 amide bonds. The Balaban J connectivity index is 1.53. The molecule has 2 aliphatic heterocycles. The molecule has 3 heteroatoms. The highest BCUT2D eigenvalue weighted by molar-refractivity contribution is 4.75. The van der Waals surface area contributed by atoms with Gasteiger partial charge in [0, 0.05) is 19.1 Å². The lowest BCUT2D eigenvalue weighted by molar-refractivity contribution is 0.223. The molecule has 2 aliphatic rings. The molecule has 0 spiro atoms. The van der Waals surface area contributed by atoms with Crippen LogP contribution in [0.3, 0.4) is 0 Å². The number of rotatable bonds is 4. The van der Waals surface area contributed by atoms with E-state index in [4.69, 9.17) is 0 Å². The molecule has 0 aromatic carbocycles. The predicted octanol–water partition coefficient (Wildman–Crippen LogP) is 0.814. The molecule has 15 heavy (non-hydrogen) atoms. The summed E-state index contributed by atoms with van der Waals surface area (Å²) in [5.41, 5.74) is 0. The molecule has 2 saturated heterocycles. The Labute approximate surface area is 93.6 Å². The summed E-state index contributed by atoms with van der Waals surface area (Å²) in [4.78, 5) is 2.61. The quantitative estimate of drug-likeness (QED) is 0.721. The van der Waals surface area contributed by atoms with Gasteiger partial charge >= 0.3 is 0 Å². The molecular formula is C12H25N3. The van der Waals surface area contributed by atoms with E-state index in [2.05, 4.69) is 15.5 Å². The fourth-order valence-corrected chi connectivity index (χ4v) is 2.64. The third kappa shape index (κ3) is 4.09. The van der Waals surface area contributed by atoms with Gasteiger partial charge in [-0.05, 0) is 51.9 Å². The van der Waals surface area contributed by atoms with Crippen molar-refractivity contribution in [2.45, 2.75) is 38.1 Å². The minimum Gasteiger partial charge on any atom is -0.317 e. The number of likely N-dealkylation sites (tertiary alicyclic amines) is 1. The average molecular weight is 211 g/mol. The number of hydrogen-bond acceptors (Lipinski definition) is 3. The molecule has 0 radical (unpaired) electrons. The van der Waals surface area contributed by atoms with Crippen LogP contribution in [-0.4, -0.2) is 50.2 Å². The topological polar surface area (TPSA) is 27.3 Å². The maximum Gasteiger partial charge on any atom is 0.0107 e. The van der Waals surface area contributed by atoms with Crippen LogP contribution in [0.2, 0.25) is 0 Å². The zero-order valence-electron chi connectivity index (χ0n) is 9.80. The van der Waals surface area contributed by atoms with Gasteiger partial charge in [-0.25, -0.2) is 0 Å². The van der Waals surface area contributed by atoms with Gasteiger partial charge in [0.2, 0.25) is 0 Å². The first-order valence-corrected chi connectivity index (χ1v) is 6.61. The number of hydrogen-bond donors (Lipinski definition) is 2. The molecule has 0 bridgehead atoms. The fourth-order valence-electron chi connectivity index (χ4n) is 2.64. The van der Waals surface area contributed by atoms with Crippen LogP contribution in [0.15, 0.2) is 0 Å². The van der Waals surface area contributed by atoms with Crippen LogP contribution in [0, 0.1) is 0 Å². The third-order valence-electron chi connectivity index (χ3n) is 3.65. The van der Waals surface area contributed by atoms with Crippen LogP contribution >= 0.6 is 0 Å². The average Bonchev–Trinajstić information content (AvgIpc) is 2.32. The first-order chi connectivity index (χ1) is 7.45. The second-order valence-corrected chi connectivity index (χ2v) is 4.88. The fraction of sp³-hybridized carbons (Fsp3) is 1.00. The number of piperidine rings is 2. The molecule has 0 unspecified atom stereocenters. The summed E-state index contributed by atoms with van der Waals surface area (Å²) in [7, 11) is 0. The maximum absolute atomic E-state index is 3.69. The molecule has 0 atom stereocenters. The van der Waals surface area contributed by atoms with E-state index >= 15 is 0 Å². The van der Waals surface area contributed by atoms with Gasteiger partial charge in [0.25, 0.3) is 0 Å². The Morgan fingerprint density at radius 1 is 1.07 bits per heavy atom. The Kier molecular flexibility index (Phi) is 4.90. The van der Waals surface area contributed by atoms with Crippen LogP contribution in [-0.2, 0) is 0 Å². The van der Waals surface area contributed by atoms with Crippen LogP contribution in [0.1, 0.15) is 32.1 Å². The molecule has 3 nitrogen and oxygen atoms in total. The molecule has 2 fully saturated rings. The summed E-state index contributed by atoms with van der Waals surface area (Å²) in [6.07, 6.45) is 6.87. The summed E-state index contributed by atoms with van der Waals surface area (Å²) in [6.45, 7) is 7.49. The van der Waals surface area contributed by atoms with E-state index in [-0.39, 0.29) is 0 Å². The zero-order valence-corrected chi connectivity index (χ0v) is 9.80. The Morgan fingerprint density at radius 2 is 1.80 bits per heavy atom. The van der Waals surface area contributed by atoms with Gasteiger partial charge in [-0.15, -0.1) is 0 Å². The first-order valence-electron chi connectivity index (χ1n) is 6.61. The second-order valence-electron chi connectivity index (χ2n) is 4.88. The van der Waals surface area contributed by atoms with Gasteiger partial charge in [-0.1, -0.05) is 6.42 Å². The predicted molar refractivity (Wildman–Crippen MR) is 64.2 cm³/mol. The second kappa shape index (κ2) is 6.46. The maximum atomic E-state index is 3.69. The van der Waals surface area contributed by atoms with Gasteiger partial charge in [0.1, 0.15) is 0 Å². The summed E-state index contributed by atoms with van der Waals surface area (Å²) < 4.78 is 0. The van der Waals surface area contributed by atoms with Crippen molar-refractivity contribution in [3.05, 3.63) is 0 Å². The van der Waals surface area contributed by atoms with Crippen molar-refractivity contribution in [1.82, 2.24) is 15.5 Å². The molecule has 0 aromatic heterocycles. The van der Waals surface area contributed by atoms with Crippen molar-refractivity contribution < 1.29 is 0 Å². The van der Waals surface area contributed by atoms with Crippen molar-refractivity contribution in [3.8, 4) is 0 Å².